The van der Waals surface area contributed by atoms with Crippen molar-refractivity contribution in [2.45, 2.75) is 19.0 Å². The number of anilines is 1. The van der Waals surface area contributed by atoms with Crippen LogP contribution in [0.4, 0.5) is 23.2 Å². The number of benzene rings is 1. The molecule has 2 fully saturated rings. The number of halogens is 4. The number of amides is 1. The number of carbonyl (C=O) groups is 3. The first-order chi connectivity index (χ1) is 12.9. The number of carboxylic acids is 2. The molecule has 1 spiro atoms. The van der Waals surface area contributed by atoms with Gasteiger partial charge in [-0.25, -0.2) is 9.18 Å². The highest BCUT2D eigenvalue weighted by Gasteiger charge is 2.60. The predicted molar refractivity (Wildman–Crippen MR) is 88.0 cm³/mol. The third-order valence-electron chi connectivity index (χ3n) is 4.66. The topological polar surface area (TPSA) is 107 Å². The lowest BCUT2D eigenvalue weighted by atomic mass is 10.0. The molecule has 1 aliphatic heterocycles. The molecule has 0 bridgehead atoms. The Kier molecular flexibility index (Phi) is 6.27. The van der Waals surface area contributed by atoms with Crippen LogP contribution >= 0.6 is 0 Å². The minimum Gasteiger partial charge on any atom is -0.480 e. The van der Waals surface area contributed by atoms with Crippen molar-refractivity contribution in [3.63, 3.8) is 0 Å². The van der Waals surface area contributed by atoms with Crippen molar-refractivity contribution in [3.8, 4) is 0 Å². The summed E-state index contributed by atoms with van der Waals surface area (Å²) < 4.78 is 44.8. The molecule has 2 aliphatic rings. The molecule has 3 N–H and O–H groups in total. The second-order valence-electron chi connectivity index (χ2n) is 6.78. The van der Waals surface area contributed by atoms with Crippen LogP contribution < -0.4 is 5.32 Å². The third-order valence-corrected chi connectivity index (χ3v) is 4.66. The van der Waals surface area contributed by atoms with E-state index >= 15 is 0 Å². The lowest BCUT2D eigenvalue weighted by Crippen LogP contribution is -2.28. The molecule has 1 saturated heterocycles. The highest BCUT2D eigenvalue weighted by molar-refractivity contribution is 5.95. The summed E-state index contributed by atoms with van der Waals surface area (Å²) in [5.41, 5.74) is 0.384. The monoisotopic (exact) mass is 406 g/mol. The van der Waals surface area contributed by atoms with Crippen LogP contribution in [0.15, 0.2) is 24.3 Å². The zero-order valence-electron chi connectivity index (χ0n) is 14.5. The minimum atomic E-state index is -5.08. The van der Waals surface area contributed by atoms with Gasteiger partial charge in [-0.1, -0.05) is 6.07 Å². The van der Waals surface area contributed by atoms with Crippen LogP contribution in [0.5, 0.6) is 0 Å². The number of carboxylic acid groups (broad SMARTS) is 2. The number of alkyl halides is 3. The van der Waals surface area contributed by atoms with Gasteiger partial charge >= 0.3 is 18.1 Å². The summed E-state index contributed by atoms with van der Waals surface area (Å²) >= 11 is 0. The largest absolute Gasteiger partial charge is 0.490 e. The van der Waals surface area contributed by atoms with Gasteiger partial charge in [-0.3, -0.25) is 14.5 Å². The summed E-state index contributed by atoms with van der Waals surface area (Å²) in [5, 5.41) is 18.7. The number of aliphatic carboxylic acids is 2. The number of hydrogen-bond acceptors (Lipinski definition) is 4. The van der Waals surface area contributed by atoms with Crippen molar-refractivity contribution in [3.05, 3.63) is 30.1 Å². The summed E-state index contributed by atoms with van der Waals surface area (Å²) in [5.74, 6) is -4.18. The first kappa shape index (κ1) is 21.6. The summed E-state index contributed by atoms with van der Waals surface area (Å²) in [6.45, 7) is 1.40. The van der Waals surface area contributed by atoms with Crippen LogP contribution in [-0.4, -0.2) is 58.8 Å². The predicted octanol–water partition coefficient (Wildman–Crippen LogP) is 2.19. The summed E-state index contributed by atoms with van der Waals surface area (Å²) in [6.07, 6.45) is -3.45. The molecular formula is C17H18F4N2O5. The lowest BCUT2D eigenvalue weighted by Gasteiger charge is -2.13. The Hall–Kier alpha value is -2.69. The van der Waals surface area contributed by atoms with Gasteiger partial charge in [0, 0.05) is 18.2 Å². The normalized spacial score (nSPS) is 23.6. The van der Waals surface area contributed by atoms with Crippen molar-refractivity contribution < 1.29 is 42.2 Å². The molecule has 1 amide bonds. The minimum absolute atomic E-state index is 0.0278. The van der Waals surface area contributed by atoms with Crippen LogP contribution in [0.2, 0.25) is 0 Å². The molecular weight excluding hydrogens is 388 g/mol. The maximum atomic E-state index is 13.1. The van der Waals surface area contributed by atoms with E-state index in [4.69, 9.17) is 15.0 Å². The van der Waals surface area contributed by atoms with Crippen molar-refractivity contribution in [2.24, 2.45) is 11.3 Å². The Labute approximate surface area is 156 Å². The fraction of sp³-hybridized carbons (Fsp3) is 0.471. The van der Waals surface area contributed by atoms with Crippen molar-refractivity contribution >= 4 is 23.5 Å². The molecule has 2 unspecified atom stereocenters. The molecule has 0 radical (unpaired) electrons. The molecule has 154 valence electrons. The SMILES string of the molecule is O=C(O)C(F)(F)F.O=C(O)CN1CCC2(CC2C(=O)Nc2cccc(F)c2)C1. The molecule has 1 heterocycles. The highest BCUT2D eigenvalue weighted by atomic mass is 19.4. The van der Waals surface area contributed by atoms with Crippen molar-refractivity contribution in [1.82, 2.24) is 4.90 Å². The van der Waals surface area contributed by atoms with E-state index < -0.39 is 18.1 Å². The molecule has 3 rings (SSSR count). The van der Waals surface area contributed by atoms with Gasteiger partial charge in [-0.15, -0.1) is 0 Å². The van der Waals surface area contributed by atoms with Gasteiger partial charge in [-0.2, -0.15) is 13.2 Å². The number of nitrogens with one attached hydrogen (secondary N) is 1. The average molecular weight is 406 g/mol. The van der Waals surface area contributed by atoms with Crippen molar-refractivity contribution in [1.29, 1.82) is 0 Å². The van der Waals surface area contributed by atoms with Crippen LogP contribution in [0.25, 0.3) is 0 Å². The van der Waals surface area contributed by atoms with Crippen LogP contribution in [0.3, 0.4) is 0 Å². The zero-order valence-corrected chi connectivity index (χ0v) is 14.5. The van der Waals surface area contributed by atoms with E-state index in [0.717, 1.165) is 19.4 Å². The first-order valence-electron chi connectivity index (χ1n) is 8.24. The van der Waals surface area contributed by atoms with E-state index in [9.17, 15) is 27.2 Å². The van der Waals surface area contributed by atoms with Crippen LogP contribution in [0.1, 0.15) is 12.8 Å². The summed E-state index contributed by atoms with van der Waals surface area (Å²) in [4.78, 5) is 33.7. The molecule has 1 aliphatic carbocycles. The average Bonchev–Trinajstić information content (AvgIpc) is 3.12. The van der Waals surface area contributed by atoms with E-state index in [2.05, 4.69) is 5.32 Å². The maximum Gasteiger partial charge on any atom is 0.490 e. The zero-order chi connectivity index (χ0) is 21.1. The first-order valence-corrected chi connectivity index (χ1v) is 8.24. The number of hydrogen-bond donors (Lipinski definition) is 3. The van der Waals surface area contributed by atoms with E-state index in [1.165, 1.54) is 12.1 Å². The molecule has 1 saturated carbocycles. The van der Waals surface area contributed by atoms with Crippen LogP contribution in [0, 0.1) is 17.2 Å². The summed E-state index contributed by atoms with van der Waals surface area (Å²) in [6, 6.07) is 5.83. The van der Waals surface area contributed by atoms with Crippen molar-refractivity contribution in [2.75, 3.05) is 25.0 Å². The molecule has 1 aromatic carbocycles. The Bertz CT molecular complexity index is 770. The van der Waals surface area contributed by atoms with Gasteiger partial charge in [0.2, 0.25) is 5.91 Å². The van der Waals surface area contributed by atoms with E-state index in [1.807, 2.05) is 4.90 Å². The fourth-order valence-corrected chi connectivity index (χ4v) is 3.28. The third kappa shape index (κ3) is 5.65. The van der Waals surface area contributed by atoms with Crippen LogP contribution in [-0.2, 0) is 14.4 Å². The molecule has 1 aromatic rings. The fourth-order valence-electron chi connectivity index (χ4n) is 3.28. The van der Waals surface area contributed by atoms with Gasteiger partial charge < -0.3 is 15.5 Å². The molecule has 7 nitrogen and oxygen atoms in total. The molecule has 11 heteroatoms. The van der Waals surface area contributed by atoms with Gasteiger partial charge in [0.15, 0.2) is 0 Å². The van der Waals surface area contributed by atoms with Gasteiger partial charge in [0.25, 0.3) is 0 Å². The Morgan fingerprint density at radius 3 is 2.43 bits per heavy atom. The second-order valence-corrected chi connectivity index (χ2v) is 6.78. The smallest absolute Gasteiger partial charge is 0.480 e. The maximum absolute atomic E-state index is 13.1. The van der Waals surface area contributed by atoms with E-state index in [-0.39, 0.29) is 29.6 Å². The van der Waals surface area contributed by atoms with E-state index in [0.29, 0.717) is 12.2 Å². The van der Waals surface area contributed by atoms with E-state index in [1.54, 1.807) is 12.1 Å². The number of likely N-dealkylation sites (tertiary alicyclic amines) is 1. The molecule has 28 heavy (non-hydrogen) atoms. The molecule has 0 aromatic heterocycles. The number of carbonyl (C=O) groups excluding carboxylic acids is 1. The Balaban J connectivity index is 0.000000345. The van der Waals surface area contributed by atoms with Gasteiger partial charge in [0.1, 0.15) is 5.82 Å². The standard InChI is InChI=1S/C15H17FN2O3.C2HF3O2/c16-10-2-1-3-11(6-10)17-14(21)12-7-15(12)4-5-18(9-15)8-13(19)20;3-2(4,5)1(6)7/h1-3,6,12H,4-5,7-9H2,(H,17,21)(H,19,20);(H,6,7). The molecule has 2 atom stereocenters. The van der Waals surface area contributed by atoms with Gasteiger partial charge in [0.05, 0.1) is 6.54 Å². The number of rotatable bonds is 4. The lowest BCUT2D eigenvalue weighted by molar-refractivity contribution is -0.192. The quantitative estimate of drug-likeness (QED) is 0.662. The Morgan fingerprint density at radius 2 is 1.89 bits per heavy atom. The van der Waals surface area contributed by atoms with Gasteiger partial charge in [-0.05, 0) is 43.0 Å². The Morgan fingerprint density at radius 1 is 1.25 bits per heavy atom. The highest BCUT2D eigenvalue weighted by Crippen LogP contribution is 2.58. The number of nitrogens with zero attached hydrogens (tertiary/aromatic N) is 1. The second kappa shape index (κ2) is 8.13. The summed E-state index contributed by atoms with van der Waals surface area (Å²) in [7, 11) is 0.